The van der Waals surface area contributed by atoms with Gasteiger partial charge in [0.15, 0.2) is 42.6 Å². The number of methoxy groups -OCH3 is 4. The zero-order valence-corrected chi connectivity index (χ0v) is 88.1. The Morgan fingerprint density at radius 3 is 1.24 bits per heavy atom. The van der Waals surface area contributed by atoms with Gasteiger partial charge in [-0.1, -0.05) is 241 Å². The van der Waals surface area contributed by atoms with E-state index in [4.69, 9.17) is 56.9 Å². The van der Waals surface area contributed by atoms with Crippen LogP contribution in [0.15, 0.2) is 310 Å². The van der Waals surface area contributed by atoms with Crippen LogP contribution in [0.4, 0.5) is 11.5 Å². The van der Waals surface area contributed by atoms with E-state index in [0.717, 1.165) is 76.4 Å². The van der Waals surface area contributed by atoms with Gasteiger partial charge < -0.3 is 67.6 Å². The molecule has 10 aromatic carbocycles. The van der Waals surface area contributed by atoms with E-state index < -0.39 is 66.8 Å². The average Bonchev–Trinajstić information content (AvgIpc) is 1.54. The van der Waals surface area contributed by atoms with Gasteiger partial charge in [0.2, 0.25) is 10.2 Å². The Kier molecular flexibility index (Phi) is 35.2. The molecule has 0 radical (unpaired) electrons. The number of thiol groups is 1. The average molecular weight is 2110 g/mol. The lowest BCUT2D eigenvalue weighted by atomic mass is 9.79. The molecule has 8 fully saturated rings. The van der Waals surface area contributed by atoms with E-state index in [0.29, 0.717) is 79.2 Å². The summed E-state index contributed by atoms with van der Waals surface area (Å²) in [7, 11) is 5.25. The number of ether oxygens (including phenoxy) is 10. The summed E-state index contributed by atoms with van der Waals surface area (Å²) in [6, 6.07) is 89.8. The number of carbonyl (C=O) groups excluding carboxylic acids is 4. The van der Waals surface area contributed by atoms with Crippen molar-refractivity contribution in [2.75, 3.05) is 141 Å². The number of hydrogen-bond acceptors (Lipinski definition) is 29. The molecule has 768 valence electrons. The van der Waals surface area contributed by atoms with E-state index >= 15 is 0 Å². The molecule has 4 bridgehead atoms. The highest BCUT2D eigenvalue weighted by Crippen LogP contribution is 2.62. The highest BCUT2D eigenvalue weighted by Gasteiger charge is 2.66. The minimum Gasteiger partial charge on any atom is -0.497 e. The van der Waals surface area contributed by atoms with Gasteiger partial charge in [0.05, 0.1) is 73.2 Å². The highest BCUT2D eigenvalue weighted by molar-refractivity contribution is 8.53. The zero-order chi connectivity index (χ0) is 102. The molecule has 1 unspecified atom stereocenters. The highest BCUT2D eigenvalue weighted by atomic mass is 32.7. The van der Waals surface area contributed by atoms with Crippen LogP contribution in [-0.4, -0.2) is 246 Å². The Hall–Kier alpha value is -11.4. The Morgan fingerprint density at radius 2 is 0.791 bits per heavy atom. The number of nitrogens with one attached hydrogen (secondary N) is 2. The minimum atomic E-state index is -1.25. The van der Waals surface area contributed by atoms with Crippen LogP contribution in [0.25, 0.3) is 22.3 Å². The quantitative estimate of drug-likeness (QED) is 0.0123. The molecule has 4 aromatic heterocycles. The van der Waals surface area contributed by atoms with Crippen molar-refractivity contribution in [1.82, 2.24) is 52.7 Å². The second-order valence-electron chi connectivity index (χ2n) is 36.8. The molecule has 148 heavy (non-hydrogen) atoms. The van der Waals surface area contributed by atoms with Crippen LogP contribution in [0.3, 0.4) is 0 Å². The predicted octanol–water partition coefficient (Wildman–Crippen LogP) is 20.5. The van der Waals surface area contributed by atoms with Gasteiger partial charge in [-0.25, -0.2) is 24.9 Å². The fraction of sp³-hybridized carbons (Fsp3) is 0.336. The maximum Gasteiger partial charge on any atom is 0.256 e. The van der Waals surface area contributed by atoms with Gasteiger partial charge >= 0.3 is 0 Å². The fourth-order valence-corrected chi connectivity index (χ4v) is 29.3. The van der Waals surface area contributed by atoms with E-state index in [9.17, 15) is 24.3 Å². The Morgan fingerprint density at radius 1 is 0.419 bits per heavy atom. The zero-order valence-electron chi connectivity index (χ0n) is 82.9. The van der Waals surface area contributed by atoms with Crippen molar-refractivity contribution in [2.24, 2.45) is 0 Å². The monoisotopic (exact) mass is 2110 g/mol. The lowest BCUT2D eigenvalue weighted by molar-refractivity contribution is -0.202. The summed E-state index contributed by atoms with van der Waals surface area (Å²) in [5, 5.41) is 17.8. The van der Waals surface area contributed by atoms with Gasteiger partial charge in [0.1, 0.15) is 90.0 Å². The Labute approximate surface area is 882 Å². The smallest absolute Gasteiger partial charge is 0.256 e. The molecule has 22 rings (SSSR count). The second kappa shape index (κ2) is 49.6. The predicted molar refractivity (Wildman–Crippen MR) is 584 cm³/mol. The molecule has 0 saturated carbocycles. The number of pyridine rings is 1. The van der Waals surface area contributed by atoms with Crippen LogP contribution < -0.4 is 29.6 Å². The van der Waals surface area contributed by atoms with E-state index in [-0.39, 0.29) is 62.7 Å². The summed E-state index contributed by atoms with van der Waals surface area (Å²) in [5.74, 6) is 5.37. The number of fused-ring (bicyclic) bond motifs is 6. The number of nitrogens with zero attached hydrogens (tertiary/aromatic N) is 11. The van der Waals surface area contributed by atoms with E-state index in [2.05, 4.69) is 74.0 Å². The third kappa shape index (κ3) is 23.2. The largest absolute Gasteiger partial charge is 0.497 e. The Bertz CT molecular complexity index is 6570. The SMILES string of the molecule is C1CCN(P(N2CCCC2)N2CCCC2)C1.COc1ccc(C(OC[C@@]23CO[C@@H]([C@H](n4cnc5c(NC(=O)c6ccccc6)ccnc54)O2)[C@@H]3O)(c2ccccc2)c2ccc(OC)cc2)cc1.COc1ccc(C(OC[C@@]23CO[C@@H]([C@H](n4cnc5c(NC(=O)c6ccccc6)ncnc54)O2)[C@@H]3OP(SCCSC(=O)c2ccccc2)N2CCCC2)(c2ccccc2)c2ccc(OC)cc2)cc1.O=C(SCCS)c1ccccc1. The number of thioether (sulfide) groups is 2. The third-order valence-corrected chi connectivity index (χ3v) is 37.1. The van der Waals surface area contributed by atoms with E-state index in [1.165, 1.54) is 108 Å². The van der Waals surface area contributed by atoms with E-state index in [1.807, 2.05) is 235 Å². The van der Waals surface area contributed by atoms with Crippen molar-refractivity contribution in [3.8, 4) is 23.0 Å². The Balaban J connectivity index is 0.000000150. The number of imidazole rings is 2. The van der Waals surface area contributed by atoms with Gasteiger partial charge in [-0.3, -0.25) is 47.0 Å². The van der Waals surface area contributed by atoms with Crippen LogP contribution in [0.5, 0.6) is 23.0 Å². The first-order valence-corrected chi connectivity index (χ1v) is 56.7. The number of aliphatic hydroxyl groups is 1. The summed E-state index contributed by atoms with van der Waals surface area (Å²) in [5.41, 5.74) is 5.37. The molecular formula is C113H121N13O16P2S4. The number of benzene rings is 10. The summed E-state index contributed by atoms with van der Waals surface area (Å²) in [4.78, 5) is 73.7. The van der Waals surface area contributed by atoms with Crippen LogP contribution in [-0.2, 0) is 44.1 Å². The van der Waals surface area contributed by atoms with Gasteiger partial charge in [-0.15, -0.1) is 0 Å². The van der Waals surface area contributed by atoms with Crippen molar-refractivity contribution in [3.05, 3.63) is 366 Å². The molecule has 8 saturated heterocycles. The number of aliphatic hydroxyl groups excluding tert-OH is 1. The number of hydrogen-bond donors (Lipinski definition) is 4. The molecule has 2 amide bonds. The second-order valence-corrected chi connectivity index (χ2v) is 45.3. The molecule has 29 nitrogen and oxygen atoms in total. The maximum atomic E-state index is 13.3. The number of carbonyl (C=O) groups is 4. The van der Waals surface area contributed by atoms with Crippen molar-refractivity contribution in [1.29, 1.82) is 0 Å². The van der Waals surface area contributed by atoms with Crippen molar-refractivity contribution >= 4 is 119 Å². The van der Waals surface area contributed by atoms with Crippen molar-refractivity contribution in [2.45, 2.75) is 111 Å². The van der Waals surface area contributed by atoms with Crippen LogP contribution in [0, 0.1) is 0 Å². The molecule has 8 aliphatic rings. The van der Waals surface area contributed by atoms with Crippen LogP contribution in [0.2, 0.25) is 0 Å². The lowest BCUT2D eigenvalue weighted by Crippen LogP contribution is -2.49. The topological polar surface area (TPSA) is 301 Å². The number of aromatic nitrogens is 7. The first-order valence-electron chi connectivity index (χ1n) is 50.0. The molecular weight excluding hydrogens is 1990 g/mol. The first kappa shape index (κ1) is 105. The molecule has 14 aromatic rings. The molecule has 9 atom stereocenters. The molecule has 12 heterocycles. The molecule has 8 aliphatic heterocycles. The first-order chi connectivity index (χ1) is 72.6. The normalized spacial score (nSPS) is 20.9. The standard InChI is InChI=1S/C52H51N6O8PS2.C40H36N4O7.C12H24N3P.C9H10OS2/c1-61-41-24-20-39(21-25-41)52(38-18-10-5-11-19-38,40-22-26-42(62-2)27-23-40)64-33-51-32-63-44(45(51)66-67(57-28-12-13-29-57)69-31-30-68-50(60)37-16-8-4-9-17-37)49(65-51)58-35-55-43-46(53-34-54-47(43)58)56-48(59)36-14-6-3-7-15-36;1-47-30-17-13-28(14-18-30)40(27-11-7-4-8-12-27,29-15-19-31(48-2)20-16-29)50-24-39-23-49-34(35(39)45)38(51-39)44-25-42-33-32(21-22-41-36(33)44)43-37(46)26-9-5-3-6-10-26;1-2-8-13(7-1)16(14-9-3-4-10-14)15-11-5-6-12-15;10-9(12-7-6-11)8-4-2-1-3-5-8/h3-11,14-27,34-35,44-45,49H,12-13,28-33H2,1-2H3,(H,53,54,56,59);3-22,25,34-35,38,45H,23-24H2,1-2H3,(H,41,43,46);1-12H2;1-5,11H,6-7H2/t44-,45+,49-,51-,67?;34-,35+,38-,39-;;/m11../s1. The maximum absolute atomic E-state index is 13.3. The molecule has 3 N–H and O–H groups in total. The summed E-state index contributed by atoms with van der Waals surface area (Å²) < 4.78 is 85.9. The van der Waals surface area contributed by atoms with Crippen molar-refractivity contribution in [3.63, 3.8) is 0 Å². The number of amides is 2. The van der Waals surface area contributed by atoms with Crippen LogP contribution in [0.1, 0.15) is 139 Å². The summed E-state index contributed by atoms with van der Waals surface area (Å²) in [6.07, 6.45) is 12.5. The fourth-order valence-electron chi connectivity index (χ4n) is 20.1. The van der Waals surface area contributed by atoms with Gasteiger partial charge in [0, 0.05) is 98.1 Å². The van der Waals surface area contributed by atoms with E-state index in [1.54, 1.807) is 106 Å². The van der Waals surface area contributed by atoms with Gasteiger partial charge in [-0.2, -0.15) is 12.6 Å². The summed E-state index contributed by atoms with van der Waals surface area (Å²) in [6.45, 7) is 10.3. The third-order valence-electron chi connectivity index (χ3n) is 27.7. The summed E-state index contributed by atoms with van der Waals surface area (Å²) >= 11 is 8.41. The number of rotatable bonds is 36. The molecule has 0 spiro atoms. The number of anilines is 2. The van der Waals surface area contributed by atoms with Crippen molar-refractivity contribution < 1.29 is 76.2 Å². The molecule has 35 heteroatoms. The lowest BCUT2D eigenvalue weighted by Gasteiger charge is -2.40. The van der Waals surface area contributed by atoms with Gasteiger partial charge in [-0.05, 0) is 169 Å². The van der Waals surface area contributed by atoms with Gasteiger partial charge in [0.25, 0.3) is 11.8 Å². The minimum absolute atomic E-state index is 0.0213. The van der Waals surface area contributed by atoms with Crippen LogP contribution >= 0.6 is 63.4 Å². The molecule has 0 aliphatic carbocycles.